The van der Waals surface area contributed by atoms with Crippen LogP contribution in [0.3, 0.4) is 0 Å². The molecule has 0 bridgehead atoms. The zero-order valence-corrected chi connectivity index (χ0v) is 17.5. The van der Waals surface area contributed by atoms with E-state index in [1.807, 2.05) is 23.6 Å². The zero-order valence-electron chi connectivity index (χ0n) is 15.8. The first-order valence-corrected chi connectivity index (χ1v) is 11.6. The molecule has 4 nitrogen and oxygen atoms in total. The summed E-state index contributed by atoms with van der Waals surface area (Å²) in [5.74, 6) is 0.0531. The molecule has 0 aliphatic carbocycles. The van der Waals surface area contributed by atoms with Gasteiger partial charge < -0.3 is 5.32 Å². The number of rotatable bonds is 8. The highest BCUT2D eigenvalue weighted by Gasteiger charge is 2.24. The first kappa shape index (κ1) is 19.3. The van der Waals surface area contributed by atoms with E-state index in [4.69, 9.17) is 0 Å². The normalized spacial score (nSPS) is 15.6. The number of nitrogens with zero attached hydrogens (tertiary/aromatic N) is 2. The highest BCUT2D eigenvalue weighted by atomic mass is 32.1. The Morgan fingerprint density at radius 3 is 2.68 bits per heavy atom. The summed E-state index contributed by atoms with van der Waals surface area (Å²) < 4.78 is 0. The highest BCUT2D eigenvalue weighted by Crippen LogP contribution is 2.27. The lowest BCUT2D eigenvalue weighted by molar-refractivity contribution is -0.120. The smallest absolute Gasteiger partial charge is 0.226 e. The van der Waals surface area contributed by atoms with Gasteiger partial charge >= 0.3 is 0 Å². The van der Waals surface area contributed by atoms with Crippen molar-refractivity contribution in [3.8, 4) is 0 Å². The molecule has 1 aliphatic heterocycles. The number of hydrogen-bond acceptors (Lipinski definition) is 5. The fourth-order valence-electron chi connectivity index (χ4n) is 3.66. The number of amides is 1. The average molecular weight is 412 g/mol. The molecule has 4 rings (SSSR count). The Hall–Kier alpha value is -2.02. The minimum atomic E-state index is 0.0531. The Morgan fingerprint density at radius 2 is 1.93 bits per heavy atom. The molecule has 3 heterocycles. The summed E-state index contributed by atoms with van der Waals surface area (Å²) in [7, 11) is 0. The third-order valence-corrected chi connectivity index (χ3v) is 6.96. The predicted molar refractivity (Wildman–Crippen MR) is 116 cm³/mol. The lowest BCUT2D eigenvalue weighted by atomic mass is 10.2. The van der Waals surface area contributed by atoms with Crippen LogP contribution in [0.2, 0.25) is 0 Å². The van der Waals surface area contributed by atoms with Crippen LogP contribution < -0.4 is 5.32 Å². The van der Waals surface area contributed by atoms with Crippen LogP contribution >= 0.6 is 22.7 Å². The first-order chi connectivity index (χ1) is 13.8. The molecule has 1 aliphatic rings. The molecular weight excluding hydrogens is 386 g/mol. The third-order valence-electron chi connectivity index (χ3n) is 5.08. The molecule has 2 aromatic heterocycles. The summed E-state index contributed by atoms with van der Waals surface area (Å²) in [4.78, 5) is 21.0. The SMILES string of the molecule is O=C(Cc1csc(Cc2ccccc2)n1)NCC(c1cccs1)N1CCCC1. The van der Waals surface area contributed by atoms with E-state index in [1.54, 1.807) is 22.7 Å². The van der Waals surface area contributed by atoms with E-state index in [1.165, 1.54) is 23.3 Å². The van der Waals surface area contributed by atoms with Crippen LogP contribution in [0, 0.1) is 0 Å². The zero-order chi connectivity index (χ0) is 19.2. The average Bonchev–Trinajstić information content (AvgIpc) is 3.46. The van der Waals surface area contributed by atoms with Gasteiger partial charge in [0.05, 0.1) is 23.2 Å². The van der Waals surface area contributed by atoms with E-state index in [0.29, 0.717) is 13.0 Å². The summed E-state index contributed by atoms with van der Waals surface area (Å²) in [6.07, 6.45) is 3.67. The van der Waals surface area contributed by atoms with E-state index >= 15 is 0 Å². The van der Waals surface area contributed by atoms with Crippen molar-refractivity contribution >= 4 is 28.6 Å². The molecule has 0 saturated carbocycles. The van der Waals surface area contributed by atoms with Gasteiger partial charge in [0.2, 0.25) is 5.91 Å². The molecule has 146 valence electrons. The third kappa shape index (κ3) is 5.07. The summed E-state index contributed by atoms with van der Waals surface area (Å²) >= 11 is 3.41. The van der Waals surface area contributed by atoms with Crippen LogP contribution in [0.1, 0.15) is 40.0 Å². The minimum Gasteiger partial charge on any atom is -0.354 e. The molecule has 1 fully saturated rings. The van der Waals surface area contributed by atoms with Crippen molar-refractivity contribution in [2.45, 2.75) is 31.7 Å². The van der Waals surface area contributed by atoms with Gasteiger partial charge in [0.1, 0.15) is 0 Å². The molecule has 1 aromatic carbocycles. The van der Waals surface area contributed by atoms with E-state index in [9.17, 15) is 4.79 Å². The summed E-state index contributed by atoms with van der Waals surface area (Å²) in [6, 6.07) is 14.9. The molecule has 1 saturated heterocycles. The molecular formula is C22H25N3OS2. The van der Waals surface area contributed by atoms with Crippen molar-refractivity contribution in [2.24, 2.45) is 0 Å². The summed E-state index contributed by atoms with van der Waals surface area (Å²) in [5.41, 5.74) is 2.11. The molecule has 6 heteroatoms. The molecule has 3 aromatic rings. The van der Waals surface area contributed by atoms with Gasteiger partial charge in [-0.3, -0.25) is 9.69 Å². The van der Waals surface area contributed by atoms with Gasteiger partial charge in [-0.15, -0.1) is 22.7 Å². The Bertz CT molecular complexity index is 870. The van der Waals surface area contributed by atoms with E-state index in [-0.39, 0.29) is 11.9 Å². The number of hydrogen-bond donors (Lipinski definition) is 1. The Balaban J connectivity index is 1.31. The summed E-state index contributed by atoms with van der Waals surface area (Å²) in [5, 5.41) is 8.33. The molecule has 1 amide bonds. The lowest BCUT2D eigenvalue weighted by Gasteiger charge is -2.26. The fourth-order valence-corrected chi connectivity index (χ4v) is 5.35. The number of nitrogens with one attached hydrogen (secondary N) is 1. The van der Waals surface area contributed by atoms with Crippen molar-refractivity contribution in [1.29, 1.82) is 0 Å². The van der Waals surface area contributed by atoms with E-state index < -0.39 is 0 Å². The maximum atomic E-state index is 12.5. The predicted octanol–water partition coefficient (Wildman–Crippen LogP) is 4.29. The molecule has 1 unspecified atom stereocenters. The van der Waals surface area contributed by atoms with Crippen LogP contribution in [0.15, 0.2) is 53.2 Å². The van der Waals surface area contributed by atoms with Crippen molar-refractivity contribution in [2.75, 3.05) is 19.6 Å². The molecule has 28 heavy (non-hydrogen) atoms. The number of thiazole rings is 1. The second-order valence-corrected chi connectivity index (χ2v) is 9.07. The maximum absolute atomic E-state index is 12.5. The second-order valence-electron chi connectivity index (χ2n) is 7.15. The highest BCUT2D eigenvalue weighted by molar-refractivity contribution is 7.10. The monoisotopic (exact) mass is 411 g/mol. The quantitative estimate of drug-likeness (QED) is 0.601. The van der Waals surface area contributed by atoms with E-state index in [2.05, 4.69) is 44.8 Å². The van der Waals surface area contributed by atoms with Crippen molar-refractivity contribution < 1.29 is 4.79 Å². The summed E-state index contributed by atoms with van der Waals surface area (Å²) in [6.45, 7) is 2.90. The van der Waals surface area contributed by atoms with Crippen LogP contribution in [-0.2, 0) is 17.6 Å². The molecule has 1 N–H and O–H groups in total. The number of carbonyl (C=O) groups is 1. The van der Waals surface area contributed by atoms with Gasteiger partial charge in [0.15, 0.2) is 0 Å². The molecule has 0 radical (unpaired) electrons. The van der Waals surface area contributed by atoms with Crippen molar-refractivity contribution in [3.05, 3.63) is 74.4 Å². The van der Waals surface area contributed by atoms with Crippen LogP contribution in [0.5, 0.6) is 0 Å². The molecule has 0 spiro atoms. The lowest BCUT2D eigenvalue weighted by Crippen LogP contribution is -2.37. The Labute approximate surface area is 174 Å². The van der Waals surface area contributed by atoms with Gasteiger partial charge in [-0.1, -0.05) is 36.4 Å². The topological polar surface area (TPSA) is 45.2 Å². The van der Waals surface area contributed by atoms with E-state index in [0.717, 1.165) is 30.2 Å². The Kier molecular flexibility index (Phi) is 6.52. The first-order valence-electron chi connectivity index (χ1n) is 9.79. The van der Waals surface area contributed by atoms with Gasteiger partial charge in [-0.25, -0.2) is 4.98 Å². The standard InChI is InChI=1S/C22H25N3OS2/c26-21(14-18-16-28-22(24-18)13-17-7-2-1-3-8-17)23-15-19(20-9-6-12-27-20)25-10-4-5-11-25/h1-3,6-9,12,16,19H,4-5,10-11,13-15H2,(H,23,26). The van der Waals surface area contributed by atoms with Gasteiger partial charge in [-0.2, -0.15) is 0 Å². The van der Waals surface area contributed by atoms with Crippen LogP contribution in [-0.4, -0.2) is 35.4 Å². The van der Waals surface area contributed by atoms with Crippen molar-refractivity contribution in [3.63, 3.8) is 0 Å². The van der Waals surface area contributed by atoms with Crippen molar-refractivity contribution in [1.82, 2.24) is 15.2 Å². The Morgan fingerprint density at radius 1 is 1.11 bits per heavy atom. The number of carbonyl (C=O) groups excluding carboxylic acids is 1. The number of benzene rings is 1. The second kappa shape index (κ2) is 9.45. The number of likely N-dealkylation sites (tertiary alicyclic amines) is 1. The van der Waals surface area contributed by atoms with Crippen LogP contribution in [0.25, 0.3) is 0 Å². The largest absolute Gasteiger partial charge is 0.354 e. The number of aromatic nitrogens is 1. The van der Waals surface area contributed by atoms with Gasteiger partial charge in [0, 0.05) is 23.2 Å². The maximum Gasteiger partial charge on any atom is 0.226 e. The minimum absolute atomic E-state index is 0.0531. The molecule has 1 atom stereocenters. The number of thiophene rings is 1. The van der Waals surface area contributed by atoms with Gasteiger partial charge in [0.25, 0.3) is 0 Å². The van der Waals surface area contributed by atoms with Gasteiger partial charge in [-0.05, 0) is 42.9 Å². The fraction of sp³-hybridized carbons (Fsp3) is 0.364. The van der Waals surface area contributed by atoms with Crippen LogP contribution in [0.4, 0.5) is 0 Å².